The summed E-state index contributed by atoms with van der Waals surface area (Å²) >= 11 is 0. The molecule has 92 valence electrons. The molecule has 0 aliphatic heterocycles. The fourth-order valence-corrected chi connectivity index (χ4v) is 1.22. The third-order valence-electron chi connectivity index (χ3n) is 1.88. The minimum absolute atomic E-state index is 0.368. The summed E-state index contributed by atoms with van der Waals surface area (Å²) in [6.45, 7) is 3.09. The van der Waals surface area contributed by atoms with Gasteiger partial charge in [0.1, 0.15) is 0 Å². The Labute approximate surface area is 99.7 Å². The Kier molecular flexibility index (Phi) is 5.00. The van der Waals surface area contributed by atoms with Crippen molar-refractivity contribution in [3.63, 3.8) is 0 Å². The van der Waals surface area contributed by atoms with Crippen LogP contribution in [0.5, 0.6) is 0 Å². The van der Waals surface area contributed by atoms with Crippen molar-refractivity contribution in [3.05, 3.63) is 35.9 Å². The highest BCUT2D eigenvalue weighted by Gasteiger charge is 2.10. The second-order valence-corrected chi connectivity index (χ2v) is 3.42. The molecule has 1 rings (SSSR count). The van der Waals surface area contributed by atoms with Gasteiger partial charge in [-0.15, -0.1) is 0 Å². The van der Waals surface area contributed by atoms with Gasteiger partial charge in [-0.25, -0.2) is 4.79 Å². The predicted molar refractivity (Wildman–Crippen MR) is 61.0 cm³/mol. The first-order valence-electron chi connectivity index (χ1n) is 5.23. The SMILES string of the molecule is CC(=O)OC(C)OC(=O)NCc1ccccc1. The molecule has 1 N–H and O–H groups in total. The van der Waals surface area contributed by atoms with Crippen LogP contribution in [-0.4, -0.2) is 18.4 Å². The molecule has 0 heterocycles. The first-order valence-corrected chi connectivity index (χ1v) is 5.23. The van der Waals surface area contributed by atoms with E-state index in [1.165, 1.54) is 13.8 Å². The summed E-state index contributed by atoms with van der Waals surface area (Å²) in [5, 5.41) is 2.55. The number of hydrogen-bond acceptors (Lipinski definition) is 4. The molecule has 5 heteroatoms. The second kappa shape index (κ2) is 6.52. The number of carbonyl (C=O) groups excluding carboxylic acids is 2. The van der Waals surface area contributed by atoms with Crippen molar-refractivity contribution in [3.8, 4) is 0 Å². The normalized spacial score (nSPS) is 11.4. The Bertz CT molecular complexity index is 377. The van der Waals surface area contributed by atoms with Gasteiger partial charge >= 0.3 is 12.1 Å². The van der Waals surface area contributed by atoms with Crippen LogP contribution in [-0.2, 0) is 20.8 Å². The zero-order valence-electron chi connectivity index (χ0n) is 9.80. The first kappa shape index (κ1) is 13.0. The third-order valence-corrected chi connectivity index (χ3v) is 1.88. The Morgan fingerprint density at radius 3 is 2.47 bits per heavy atom. The van der Waals surface area contributed by atoms with Gasteiger partial charge in [0, 0.05) is 20.4 Å². The van der Waals surface area contributed by atoms with E-state index in [1.807, 2.05) is 30.3 Å². The minimum atomic E-state index is -0.886. The number of amides is 1. The number of alkyl carbamates (subject to hydrolysis) is 1. The number of carbonyl (C=O) groups is 2. The van der Waals surface area contributed by atoms with Crippen LogP contribution >= 0.6 is 0 Å². The molecule has 0 aliphatic carbocycles. The molecule has 0 saturated carbocycles. The van der Waals surface area contributed by atoms with Gasteiger partial charge in [-0.1, -0.05) is 30.3 Å². The number of nitrogens with one attached hydrogen (secondary N) is 1. The predicted octanol–water partition coefficient (Wildman–Crippen LogP) is 1.82. The Morgan fingerprint density at radius 1 is 1.24 bits per heavy atom. The molecule has 0 saturated heterocycles. The van der Waals surface area contributed by atoms with Crippen LogP contribution in [0.15, 0.2) is 30.3 Å². The molecular formula is C12H15NO4. The highest BCUT2D eigenvalue weighted by atomic mass is 16.7. The lowest BCUT2D eigenvalue weighted by Gasteiger charge is -2.13. The van der Waals surface area contributed by atoms with Gasteiger partial charge in [0.15, 0.2) is 0 Å². The third kappa shape index (κ3) is 5.55. The molecular weight excluding hydrogens is 222 g/mol. The molecule has 1 unspecified atom stereocenters. The van der Waals surface area contributed by atoms with E-state index in [0.29, 0.717) is 6.54 Å². The van der Waals surface area contributed by atoms with E-state index in [4.69, 9.17) is 4.74 Å². The molecule has 5 nitrogen and oxygen atoms in total. The number of hydrogen-bond donors (Lipinski definition) is 1. The van der Waals surface area contributed by atoms with Crippen molar-refractivity contribution >= 4 is 12.1 Å². The van der Waals surface area contributed by atoms with Crippen LogP contribution in [0.25, 0.3) is 0 Å². The lowest BCUT2D eigenvalue weighted by atomic mass is 10.2. The lowest BCUT2D eigenvalue weighted by Crippen LogP contribution is -2.29. The van der Waals surface area contributed by atoms with Crippen LogP contribution in [0.1, 0.15) is 19.4 Å². The van der Waals surface area contributed by atoms with Crippen LogP contribution in [0, 0.1) is 0 Å². The average Bonchev–Trinajstić information content (AvgIpc) is 2.26. The Morgan fingerprint density at radius 2 is 1.88 bits per heavy atom. The molecule has 1 amide bonds. The minimum Gasteiger partial charge on any atom is -0.426 e. The molecule has 1 aromatic carbocycles. The molecule has 0 aliphatic rings. The van der Waals surface area contributed by atoms with Gasteiger partial charge in [-0.3, -0.25) is 4.79 Å². The van der Waals surface area contributed by atoms with Crippen molar-refractivity contribution in [2.45, 2.75) is 26.7 Å². The quantitative estimate of drug-likeness (QED) is 0.640. The standard InChI is InChI=1S/C12H15NO4/c1-9(14)16-10(2)17-12(15)13-8-11-6-4-3-5-7-11/h3-7,10H,8H2,1-2H3,(H,13,15). The number of esters is 1. The maximum absolute atomic E-state index is 11.3. The fourth-order valence-electron chi connectivity index (χ4n) is 1.22. The average molecular weight is 237 g/mol. The molecule has 0 spiro atoms. The van der Waals surface area contributed by atoms with Crippen LogP contribution in [0.4, 0.5) is 4.79 Å². The summed E-state index contributed by atoms with van der Waals surface area (Å²) in [4.78, 5) is 21.9. The van der Waals surface area contributed by atoms with E-state index >= 15 is 0 Å². The Balaban J connectivity index is 2.28. The monoisotopic (exact) mass is 237 g/mol. The molecule has 0 fully saturated rings. The highest BCUT2D eigenvalue weighted by Crippen LogP contribution is 1.99. The van der Waals surface area contributed by atoms with Crippen molar-refractivity contribution in [2.75, 3.05) is 0 Å². The zero-order valence-corrected chi connectivity index (χ0v) is 9.80. The second-order valence-electron chi connectivity index (χ2n) is 3.42. The van der Waals surface area contributed by atoms with E-state index in [-0.39, 0.29) is 0 Å². The highest BCUT2D eigenvalue weighted by molar-refractivity contribution is 5.68. The van der Waals surface area contributed by atoms with Crippen molar-refractivity contribution in [2.24, 2.45) is 0 Å². The maximum atomic E-state index is 11.3. The summed E-state index contributed by atoms with van der Waals surface area (Å²) in [5.74, 6) is -0.492. The molecule has 1 atom stereocenters. The molecule has 0 bridgehead atoms. The topological polar surface area (TPSA) is 64.6 Å². The van der Waals surface area contributed by atoms with E-state index in [9.17, 15) is 9.59 Å². The summed E-state index contributed by atoms with van der Waals surface area (Å²) < 4.78 is 9.44. The zero-order chi connectivity index (χ0) is 12.7. The first-order chi connectivity index (χ1) is 8.08. The van der Waals surface area contributed by atoms with Crippen LogP contribution < -0.4 is 5.32 Å². The van der Waals surface area contributed by atoms with Crippen molar-refractivity contribution in [1.29, 1.82) is 0 Å². The number of rotatable bonds is 4. The van der Waals surface area contributed by atoms with Crippen molar-refractivity contribution in [1.82, 2.24) is 5.32 Å². The van der Waals surface area contributed by atoms with E-state index in [2.05, 4.69) is 10.1 Å². The molecule has 17 heavy (non-hydrogen) atoms. The number of ether oxygens (including phenoxy) is 2. The Hall–Kier alpha value is -2.04. The lowest BCUT2D eigenvalue weighted by molar-refractivity contribution is -0.162. The van der Waals surface area contributed by atoms with Gasteiger partial charge in [0.05, 0.1) is 0 Å². The van der Waals surface area contributed by atoms with Gasteiger partial charge in [0.25, 0.3) is 0 Å². The number of benzene rings is 1. The van der Waals surface area contributed by atoms with Gasteiger partial charge in [0.2, 0.25) is 6.29 Å². The van der Waals surface area contributed by atoms with E-state index in [0.717, 1.165) is 5.56 Å². The van der Waals surface area contributed by atoms with E-state index < -0.39 is 18.4 Å². The van der Waals surface area contributed by atoms with Gasteiger partial charge in [-0.2, -0.15) is 0 Å². The molecule has 0 radical (unpaired) electrons. The largest absolute Gasteiger partial charge is 0.426 e. The van der Waals surface area contributed by atoms with Crippen molar-refractivity contribution < 1.29 is 19.1 Å². The molecule has 0 aromatic heterocycles. The smallest absolute Gasteiger partial charge is 0.410 e. The molecule has 1 aromatic rings. The summed E-state index contributed by atoms with van der Waals surface area (Å²) in [5.41, 5.74) is 0.963. The summed E-state index contributed by atoms with van der Waals surface area (Å²) in [6, 6.07) is 9.42. The van der Waals surface area contributed by atoms with Gasteiger partial charge in [-0.05, 0) is 5.56 Å². The van der Waals surface area contributed by atoms with E-state index in [1.54, 1.807) is 0 Å². The summed E-state index contributed by atoms with van der Waals surface area (Å²) in [6.07, 6.45) is -1.51. The van der Waals surface area contributed by atoms with Crippen LogP contribution in [0.3, 0.4) is 0 Å². The maximum Gasteiger partial charge on any atom is 0.410 e. The van der Waals surface area contributed by atoms with Crippen LogP contribution in [0.2, 0.25) is 0 Å². The van der Waals surface area contributed by atoms with Gasteiger partial charge < -0.3 is 14.8 Å². The summed E-state index contributed by atoms with van der Waals surface area (Å²) in [7, 11) is 0. The fraction of sp³-hybridized carbons (Fsp3) is 0.333.